The number of carbonyl (C=O) groups excluding carboxylic acids is 1. The van der Waals surface area contributed by atoms with Crippen molar-refractivity contribution in [2.75, 3.05) is 20.3 Å². The first-order valence-corrected chi connectivity index (χ1v) is 6.03. The summed E-state index contributed by atoms with van der Waals surface area (Å²) in [5.41, 5.74) is 1.44. The van der Waals surface area contributed by atoms with Gasteiger partial charge in [0, 0.05) is 26.5 Å². The first-order valence-electron chi connectivity index (χ1n) is 6.03. The molecule has 6 nitrogen and oxygen atoms in total. The Morgan fingerprint density at radius 3 is 3.06 bits per heavy atom. The molecule has 1 saturated heterocycles. The molecule has 1 fully saturated rings. The maximum absolute atomic E-state index is 12.1. The molecule has 1 aromatic rings. The summed E-state index contributed by atoms with van der Waals surface area (Å²) in [4.78, 5) is 12.1. The second-order valence-corrected chi connectivity index (χ2v) is 4.48. The van der Waals surface area contributed by atoms with E-state index in [9.17, 15) is 4.79 Å². The predicted octanol–water partition coefficient (Wildman–Crippen LogP) is 0.262. The van der Waals surface area contributed by atoms with Gasteiger partial charge in [0.25, 0.3) is 5.91 Å². The molecule has 2 heterocycles. The second kappa shape index (κ2) is 5.49. The standard InChI is InChI=1S/C12H19N3O3/c1-8-9(6-13-15(8)2)12(16)14-10-7-18-5-4-11(10)17-3/h6,10-11H,4-5,7H2,1-3H3,(H,14,16)/t10-,11-/m1/s1. The number of nitrogens with one attached hydrogen (secondary N) is 1. The normalized spacial score (nSPS) is 23.9. The Labute approximate surface area is 106 Å². The van der Waals surface area contributed by atoms with Gasteiger partial charge in [-0.3, -0.25) is 9.48 Å². The van der Waals surface area contributed by atoms with E-state index in [1.165, 1.54) is 0 Å². The lowest BCUT2D eigenvalue weighted by atomic mass is 10.1. The van der Waals surface area contributed by atoms with Crippen molar-refractivity contribution in [1.29, 1.82) is 0 Å². The maximum atomic E-state index is 12.1. The molecule has 1 N–H and O–H groups in total. The number of amides is 1. The minimum Gasteiger partial charge on any atom is -0.379 e. The van der Waals surface area contributed by atoms with Crippen molar-refractivity contribution < 1.29 is 14.3 Å². The highest BCUT2D eigenvalue weighted by atomic mass is 16.5. The number of aryl methyl sites for hydroxylation is 1. The van der Waals surface area contributed by atoms with Crippen LogP contribution in [-0.2, 0) is 16.5 Å². The Morgan fingerprint density at radius 1 is 1.67 bits per heavy atom. The largest absolute Gasteiger partial charge is 0.379 e. The fourth-order valence-corrected chi connectivity index (χ4v) is 2.10. The van der Waals surface area contributed by atoms with E-state index in [1.54, 1.807) is 18.0 Å². The third-order valence-corrected chi connectivity index (χ3v) is 3.39. The van der Waals surface area contributed by atoms with Crippen molar-refractivity contribution in [3.05, 3.63) is 17.5 Å². The van der Waals surface area contributed by atoms with Crippen molar-refractivity contribution in [3.8, 4) is 0 Å². The summed E-state index contributed by atoms with van der Waals surface area (Å²) in [6.07, 6.45) is 2.39. The molecule has 0 radical (unpaired) electrons. The average molecular weight is 253 g/mol. The van der Waals surface area contributed by atoms with E-state index in [2.05, 4.69) is 10.4 Å². The van der Waals surface area contributed by atoms with Crippen LogP contribution in [0.3, 0.4) is 0 Å². The quantitative estimate of drug-likeness (QED) is 0.839. The molecular weight excluding hydrogens is 234 g/mol. The number of ether oxygens (including phenoxy) is 2. The van der Waals surface area contributed by atoms with E-state index >= 15 is 0 Å². The molecule has 0 bridgehead atoms. The lowest BCUT2D eigenvalue weighted by Crippen LogP contribution is -2.50. The van der Waals surface area contributed by atoms with Crippen LogP contribution < -0.4 is 5.32 Å². The van der Waals surface area contributed by atoms with Crippen LogP contribution in [0.5, 0.6) is 0 Å². The molecular formula is C12H19N3O3. The summed E-state index contributed by atoms with van der Waals surface area (Å²) in [7, 11) is 3.47. The van der Waals surface area contributed by atoms with Gasteiger partial charge in [0.05, 0.1) is 30.5 Å². The van der Waals surface area contributed by atoms with Gasteiger partial charge in [-0.05, 0) is 13.3 Å². The minimum atomic E-state index is -0.127. The molecule has 0 spiro atoms. The fourth-order valence-electron chi connectivity index (χ4n) is 2.10. The summed E-state index contributed by atoms with van der Waals surface area (Å²) in [6, 6.07) is -0.101. The molecule has 1 amide bonds. The van der Waals surface area contributed by atoms with E-state index in [0.29, 0.717) is 18.8 Å². The smallest absolute Gasteiger partial charge is 0.255 e. The Hall–Kier alpha value is -1.40. The van der Waals surface area contributed by atoms with Crippen molar-refractivity contribution in [1.82, 2.24) is 15.1 Å². The molecule has 1 aliphatic heterocycles. The lowest BCUT2D eigenvalue weighted by molar-refractivity contribution is -0.0349. The van der Waals surface area contributed by atoms with Crippen molar-refractivity contribution >= 4 is 5.91 Å². The molecule has 6 heteroatoms. The van der Waals surface area contributed by atoms with Crippen molar-refractivity contribution in [2.45, 2.75) is 25.5 Å². The van der Waals surface area contributed by atoms with Crippen LogP contribution >= 0.6 is 0 Å². The van der Waals surface area contributed by atoms with E-state index in [-0.39, 0.29) is 18.1 Å². The molecule has 1 aromatic heterocycles. The zero-order chi connectivity index (χ0) is 13.1. The lowest BCUT2D eigenvalue weighted by Gasteiger charge is -2.30. The highest BCUT2D eigenvalue weighted by Gasteiger charge is 2.28. The topological polar surface area (TPSA) is 65.4 Å². The Kier molecular flexibility index (Phi) is 3.98. The van der Waals surface area contributed by atoms with Gasteiger partial charge >= 0.3 is 0 Å². The van der Waals surface area contributed by atoms with Gasteiger partial charge in [-0.25, -0.2) is 0 Å². The Morgan fingerprint density at radius 2 is 2.44 bits per heavy atom. The summed E-state index contributed by atoms with van der Waals surface area (Å²) >= 11 is 0. The highest BCUT2D eigenvalue weighted by Crippen LogP contribution is 2.12. The second-order valence-electron chi connectivity index (χ2n) is 4.48. The van der Waals surface area contributed by atoms with Crippen LogP contribution in [0, 0.1) is 6.92 Å². The van der Waals surface area contributed by atoms with Gasteiger partial charge in [0.2, 0.25) is 0 Å². The molecule has 2 atom stereocenters. The van der Waals surface area contributed by atoms with Gasteiger partial charge < -0.3 is 14.8 Å². The number of carbonyl (C=O) groups is 1. The molecule has 0 saturated carbocycles. The summed E-state index contributed by atoms with van der Waals surface area (Å²) < 4.78 is 12.4. The summed E-state index contributed by atoms with van der Waals surface area (Å²) in [5.74, 6) is -0.127. The Bertz CT molecular complexity index is 430. The number of rotatable bonds is 3. The molecule has 18 heavy (non-hydrogen) atoms. The van der Waals surface area contributed by atoms with Crippen molar-refractivity contribution in [3.63, 3.8) is 0 Å². The van der Waals surface area contributed by atoms with Crippen LogP contribution in [-0.4, -0.2) is 48.2 Å². The first-order chi connectivity index (χ1) is 8.63. The minimum absolute atomic E-state index is 0.0136. The molecule has 0 unspecified atom stereocenters. The van der Waals surface area contributed by atoms with Crippen LogP contribution in [0.1, 0.15) is 22.5 Å². The van der Waals surface area contributed by atoms with Crippen molar-refractivity contribution in [2.24, 2.45) is 7.05 Å². The predicted molar refractivity (Wildman–Crippen MR) is 65.4 cm³/mol. The van der Waals surface area contributed by atoms with Crippen LogP contribution in [0.4, 0.5) is 0 Å². The average Bonchev–Trinajstić information content (AvgIpc) is 2.71. The van der Waals surface area contributed by atoms with Gasteiger partial charge in [0.1, 0.15) is 0 Å². The zero-order valence-corrected chi connectivity index (χ0v) is 11.0. The fraction of sp³-hybridized carbons (Fsp3) is 0.667. The monoisotopic (exact) mass is 253 g/mol. The maximum Gasteiger partial charge on any atom is 0.255 e. The van der Waals surface area contributed by atoms with Crippen LogP contribution in [0.25, 0.3) is 0 Å². The van der Waals surface area contributed by atoms with Crippen LogP contribution in [0.2, 0.25) is 0 Å². The zero-order valence-electron chi connectivity index (χ0n) is 11.0. The van der Waals surface area contributed by atoms with E-state index in [4.69, 9.17) is 9.47 Å². The van der Waals surface area contributed by atoms with Gasteiger partial charge in [-0.2, -0.15) is 5.10 Å². The molecule has 0 aliphatic carbocycles. The number of nitrogens with zero attached hydrogens (tertiary/aromatic N) is 2. The molecule has 100 valence electrons. The van der Waals surface area contributed by atoms with E-state index in [1.807, 2.05) is 14.0 Å². The molecule has 2 rings (SSSR count). The van der Waals surface area contributed by atoms with Gasteiger partial charge in [0.15, 0.2) is 0 Å². The third-order valence-electron chi connectivity index (χ3n) is 3.39. The van der Waals surface area contributed by atoms with Gasteiger partial charge in [-0.15, -0.1) is 0 Å². The number of aromatic nitrogens is 2. The number of hydrogen-bond donors (Lipinski definition) is 1. The van der Waals surface area contributed by atoms with E-state index < -0.39 is 0 Å². The molecule has 0 aromatic carbocycles. The SMILES string of the molecule is CO[C@@H]1CCOC[C@H]1NC(=O)c1cnn(C)c1C. The Balaban J connectivity index is 2.04. The first kappa shape index (κ1) is 13.0. The number of methoxy groups -OCH3 is 1. The molecule has 1 aliphatic rings. The third kappa shape index (κ3) is 2.54. The summed E-state index contributed by atoms with van der Waals surface area (Å²) in [6.45, 7) is 3.04. The summed E-state index contributed by atoms with van der Waals surface area (Å²) in [5, 5.41) is 7.01. The van der Waals surface area contributed by atoms with E-state index in [0.717, 1.165) is 12.1 Å². The van der Waals surface area contributed by atoms with Crippen LogP contribution in [0.15, 0.2) is 6.20 Å². The number of hydrogen-bond acceptors (Lipinski definition) is 4. The van der Waals surface area contributed by atoms with Gasteiger partial charge in [-0.1, -0.05) is 0 Å². The highest BCUT2D eigenvalue weighted by molar-refractivity contribution is 5.95.